The largest absolute Gasteiger partial charge is 0.507 e. The number of aliphatic hydroxyl groups is 1. The first-order valence-corrected chi connectivity index (χ1v) is 11.7. The molecule has 1 saturated heterocycles. The van der Waals surface area contributed by atoms with Crippen molar-refractivity contribution in [2.75, 3.05) is 18.3 Å². The van der Waals surface area contributed by atoms with E-state index in [1.165, 1.54) is 4.90 Å². The number of hydrogen-bond donors (Lipinski definition) is 1. The molecule has 2 aromatic carbocycles. The average Bonchev–Trinajstić information content (AvgIpc) is 3.45. The molecule has 3 heterocycles. The SMILES string of the molecule is Cc1cc(/C(O)=C2\C(=O)C(=O)N(c3ccc4c(c3)OCO4)C2c2ccncc2)ccc1OCC(C)C. The number of rotatable bonds is 6. The number of ether oxygens (including phenoxy) is 3. The van der Waals surface area contributed by atoms with Crippen LogP contribution in [-0.2, 0) is 9.59 Å². The Bertz CT molecular complexity index is 1370. The Morgan fingerprint density at radius 1 is 1.08 bits per heavy atom. The molecule has 1 unspecified atom stereocenters. The summed E-state index contributed by atoms with van der Waals surface area (Å²) in [4.78, 5) is 32.1. The summed E-state index contributed by atoms with van der Waals surface area (Å²) in [5.74, 6) is 0.339. The van der Waals surface area contributed by atoms with E-state index in [1.54, 1.807) is 60.9 Å². The molecule has 0 bridgehead atoms. The van der Waals surface area contributed by atoms with E-state index >= 15 is 0 Å². The first-order chi connectivity index (χ1) is 17.3. The van der Waals surface area contributed by atoms with E-state index in [1.807, 2.05) is 6.92 Å². The van der Waals surface area contributed by atoms with Gasteiger partial charge in [0.15, 0.2) is 11.5 Å². The number of aryl methyl sites for hydroxylation is 1. The molecule has 1 atom stereocenters. The van der Waals surface area contributed by atoms with Crippen molar-refractivity contribution < 1.29 is 28.9 Å². The maximum Gasteiger partial charge on any atom is 0.300 e. The Labute approximate surface area is 208 Å². The van der Waals surface area contributed by atoms with Gasteiger partial charge in [0.2, 0.25) is 6.79 Å². The van der Waals surface area contributed by atoms with Gasteiger partial charge in [0.25, 0.3) is 11.7 Å². The molecule has 184 valence electrons. The van der Waals surface area contributed by atoms with Gasteiger partial charge in [-0.2, -0.15) is 0 Å². The van der Waals surface area contributed by atoms with E-state index in [0.29, 0.717) is 46.6 Å². The molecule has 8 heteroatoms. The highest BCUT2D eigenvalue weighted by molar-refractivity contribution is 6.51. The second kappa shape index (κ2) is 9.37. The number of carbonyl (C=O) groups is 2. The average molecular weight is 487 g/mol. The van der Waals surface area contributed by atoms with Gasteiger partial charge in [-0.15, -0.1) is 0 Å². The maximum atomic E-state index is 13.3. The molecular formula is C28H26N2O6. The minimum Gasteiger partial charge on any atom is -0.507 e. The lowest BCUT2D eigenvalue weighted by Crippen LogP contribution is -2.29. The zero-order valence-corrected chi connectivity index (χ0v) is 20.2. The maximum absolute atomic E-state index is 13.3. The van der Waals surface area contributed by atoms with Crippen LogP contribution in [0.4, 0.5) is 5.69 Å². The second-order valence-electron chi connectivity index (χ2n) is 9.17. The van der Waals surface area contributed by atoms with Crippen LogP contribution in [-0.4, -0.2) is 35.2 Å². The summed E-state index contributed by atoms with van der Waals surface area (Å²) in [6, 6.07) is 12.8. The van der Waals surface area contributed by atoms with Gasteiger partial charge in [-0.1, -0.05) is 13.8 Å². The Kier molecular flexibility index (Phi) is 6.10. The highest BCUT2D eigenvalue weighted by atomic mass is 16.7. The molecule has 0 radical (unpaired) electrons. The van der Waals surface area contributed by atoms with Crippen LogP contribution in [0.5, 0.6) is 17.2 Å². The molecule has 2 aliphatic heterocycles. The molecule has 1 N–H and O–H groups in total. The lowest BCUT2D eigenvalue weighted by molar-refractivity contribution is -0.132. The molecule has 3 aromatic rings. The summed E-state index contributed by atoms with van der Waals surface area (Å²) >= 11 is 0. The van der Waals surface area contributed by atoms with Gasteiger partial charge in [0.05, 0.1) is 18.2 Å². The molecule has 5 rings (SSSR count). The lowest BCUT2D eigenvalue weighted by atomic mass is 9.95. The predicted molar refractivity (Wildman–Crippen MR) is 133 cm³/mol. The molecule has 0 saturated carbocycles. The number of amides is 1. The number of carbonyl (C=O) groups excluding carboxylic acids is 2. The van der Waals surface area contributed by atoms with Crippen LogP contribution < -0.4 is 19.1 Å². The molecule has 0 aliphatic carbocycles. The molecule has 36 heavy (non-hydrogen) atoms. The lowest BCUT2D eigenvalue weighted by Gasteiger charge is -2.25. The van der Waals surface area contributed by atoms with Crippen molar-refractivity contribution in [3.63, 3.8) is 0 Å². The number of Topliss-reactive ketones (excluding diaryl/α,β-unsaturated/α-hetero) is 1. The van der Waals surface area contributed by atoms with Crippen LogP contribution >= 0.6 is 0 Å². The molecule has 0 spiro atoms. The van der Waals surface area contributed by atoms with Crippen molar-refractivity contribution in [1.82, 2.24) is 4.98 Å². The van der Waals surface area contributed by atoms with Gasteiger partial charge < -0.3 is 19.3 Å². The number of ketones is 1. The molecule has 1 amide bonds. The highest BCUT2D eigenvalue weighted by Crippen LogP contribution is 2.45. The number of aromatic nitrogens is 1. The van der Waals surface area contributed by atoms with E-state index in [2.05, 4.69) is 18.8 Å². The van der Waals surface area contributed by atoms with Crippen molar-refractivity contribution >= 4 is 23.1 Å². The van der Waals surface area contributed by atoms with Crippen molar-refractivity contribution in [3.05, 3.63) is 83.2 Å². The van der Waals surface area contributed by atoms with E-state index in [9.17, 15) is 14.7 Å². The fourth-order valence-corrected chi connectivity index (χ4v) is 4.37. The number of aliphatic hydroxyl groups excluding tert-OH is 1. The van der Waals surface area contributed by atoms with Crippen LogP contribution in [0.25, 0.3) is 5.76 Å². The van der Waals surface area contributed by atoms with Crippen LogP contribution in [0, 0.1) is 12.8 Å². The van der Waals surface area contributed by atoms with Crippen LogP contribution in [0.1, 0.15) is 36.6 Å². The van der Waals surface area contributed by atoms with Crippen molar-refractivity contribution in [2.24, 2.45) is 5.92 Å². The summed E-state index contributed by atoms with van der Waals surface area (Å²) in [6.07, 6.45) is 3.17. The first kappa shape index (κ1) is 23.4. The fourth-order valence-electron chi connectivity index (χ4n) is 4.37. The van der Waals surface area contributed by atoms with E-state index in [4.69, 9.17) is 14.2 Å². The monoisotopic (exact) mass is 486 g/mol. The van der Waals surface area contributed by atoms with E-state index < -0.39 is 17.7 Å². The van der Waals surface area contributed by atoms with Crippen LogP contribution in [0.3, 0.4) is 0 Å². The third-order valence-corrected chi connectivity index (χ3v) is 6.12. The summed E-state index contributed by atoms with van der Waals surface area (Å²) in [5, 5.41) is 11.4. The molecule has 2 aliphatic rings. The minimum absolute atomic E-state index is 0.000819. The number of hydrogen-bond acceptors (Lipinski definition) is 7. The quantitative estimate of drug-likeness (QED) is 0.304. The minimum atomic E-state index is -0.856. The van der Waals surface area contributed by atoms with Crippen LogP contribution in [0.15, 0.2) is 66.5 Å². The predicted octanol–water partition coefficient (Wildman–Crippen LogP) is 4.78. The highest BCUT2D eigenvalue weighted by Gasteiger charge is 2.47. The van der Waals surface area contributed by atoms with E-state index in [-0.39, 0.29) is 18.1 Å². The summed E-state index contributed by atoms with van der Waals surface area (Å²) in [5.41, 5.74) is 2.32. The number of benzene rings is 2. The van der Waals surface area contributed by atoms with E-state index in [0.717, 1.165) is 5.56 Å². The van der Waals surface area contributed by atoms with Gasteiger partial charge in [-0.25, -0.2) is 0 Å². The fraction of sp³-hybridized carbons (Fsp3) is 0.250. The standard InChI is InChI=1S/C28H26N2O6/c1-16(2)14-34-21-6-4-19(12-17(21)3)26(31)24-25(18-8-10-29-11-9-18)30(28(33)27(24)32)20-5-7-22-23(13-20)36-15-35-22/h4-13,16,25,31H,14-15H2,1-3H3/b26-24+. The van der Waals surface area contributed by atoms with Crippen LogP contribution in [0.2, 0.25) is 0 Å². The first-order valence-electron chi connectivity index (χ1n) is 11.7. The van der Waals surface area contributed by atoms with Crippen molar-refractivity contribution in [3.8, 4) is 17.2 Å². The summed E-state index contributed by atoms with van der Waals surface area (Å²) in [6.45, 7) is 6.65. The topological polar surface area (TPSA) is 98.2 Å². The zero-order chi connectivity index (χ0) is 25.4. The molecular weight excluding hydrogens is 460 g/mol. The Hall–Kier alpha value is -4.33. The second-order valence-corrected chi connectivity index (χ2v) is 9.17. The number of pyridine rings is 1. The van der Waals surface area contributed by atoms with Gasteiger partial charge in [-0.05, 0) is 66.4 Å². The van der Waals surface area contributed by atoms with Crippen molar-refractivity contribution in [2.45, 2.75) is 26.8 Å². The molecule has 1 aromatic heterocycles. The van der Waals surface area contributed by atoms with Gasteiger partial charge in [0.1, 0.15) is 11.5 Å². The smallest absolute Gasteiger partial charge is 0.300 e. The number of fused-ring (bicyclic) bond motifs is 1. The third kappa shape index (κ3) is 4.15. The zero-order valence-electron chi connectivity index (χ0n) is 20.2. The molecule has 1 fully saturated rings. The van der Waals surface area contributed by atoms with Gasteiger partial charge >= 0.3 is 0 Å². The summed E-state index contributed by atoms with van der Waals surface area (Å²) in [7, 11) is 0. The number of nitrogens with zero attached hydrogens (tertiary/aromatic N) is 2. The Balaban J connectivity index is 1.61. The summed E-state index contributed by atoms with van der Waals surface area (Å²) < 4.78 is 16.7. The van der Waals surface area contributed by atoms with Crippen molar-refractivity contribution in [1.29, 1.82) is 0 Å². The molecule has 8 nitrogen and oxygen atoms in total. The Morgan fingerprint density at radius 2 is 1.83 bits per heavy atom. The van der Waals surface area contributed by atoms with Gasteiger partial charge in [-0.3, -0.25) is 19.5 Å². The Morgan fingerprint density at radius 3 is 2.56 bits per heavy atom. The van der Waals surface area contributed by atoms with Gasteiger partial charge in [0, 0.05) is 29.7 Å². The number of anilines is 1. The third-order valence-electron chi connectivity index (χ3n) is 6.12. The normalized spacial score (nSPS) is 18.2.